The van der Waals surface area contributed by atoms with E-state index in [2.05, 4.69) is 9.72 Å². The van der Waals surface area contributed by atoms with Gasteiger partial charge in [0.15, 0.2) is 0 Å². The van der Waals surface area contributed by atoms with Crippen LogP contribution in [0.25, 0.3) is 10.9 Å². The maximum Gasteiger partial charge on any atom is 0.355 e. The van der Waals surface area contributed by atoms with Gasteiger partial charge in [-0.15, -0.1) is 0 Å². The van der Waals surface area contributed by atoms with Gasteiger partial charge >= 0.3 is 5.97 Å². The number of ether oxygens (including phenoxy) is 1. The molecule has 5 nitrogen and oxygen atoms in total. The fourth-order valence-electron chi connectivity index (χ4n) is 2.11. The van der Waals surface area contributed by atoms with Crippen molar-refractivity contribution in [2.24, 2.45) is 5.73 Å². The van der Waals surface area contributed by atoms with Gasteiger partial charge in [0.25, 0.3) is 5.91 Å². The van der Waals surface area contributed by atoms with Gasteiger partial charge < -0.3 is 15.5 Å². The standard InChI is InChI=1S/C13H14N2O3/c1-6-4-5-7(2)10-8(6)9(12(14)16)11(15-10)13(17)18-3/h4-5,15H,1-3H3,(H2,14,16). The van der Waals surface area contributed by atoms with Crippen LogP contribution in [0.2, 0.25) is 0 Å². The van der Waals surface area contributed by atoms with Crippen LogP contribution in [0, 0.1) is 13.8 Å². The number of hydrogen-bond donors (Lipinski definition) is 2. The quantitative estimate of drug-likeness (QED) is 0.790. The zero-order chi connectivity index (χ0) is 13.4. The number of carbonyl (C=O) groups is 2. The molecular formula is C13H14N2O3. The molecule has 0 unspecified atom stereocenters. The number of aromatic nitrogens is 1. The van der Waals surface area contributed by atoms with Gasteiger partial charge in [-0.25, -0.2) is 4.79 Å². The molecule has 5 heteroatoms. The zero-order valence-corrected chi connectivity index (χ0v) is 10.5. The average molecular weight is 246 g/mol. The van der Waals surface area contributed by atoms with Crippen molar-refractivity contribution in [3.05, 3.63) is 34.5 Å². The van der Waals surface area contributed by atoms with Crippen molar-refractivity contribution in [3.8, 4) is 0 Å². The minimum atomic E-state index is -0.643. The van der Waals surface area contributed by atoms with Crippen molar-refractivity contribution in [3.63, 3.8) is 0 Å². The lowest BCUT2D eigenvalue weighted by Crippen LogP contribution is -2.16. The molecule has 1 amide bonds. The summed E-state index contributed by atoms with van der Waals surface area (Å²) in [5.74, 6) is -1.24. The Kier molecular flexibility index (Phi) is 2.82. The summed E-state index contributed by atoms with van der Waals surface area (Å²) in [7, 11) is 1.26. The molecule has 0 spiro atoms. The number of benzene rings is 1. The Hall–Kier alpha value is -2.30. The smallest absolute Gasteiger partial charge is 0.355 e. The fourth-order valence-corrected chi connectivity index (χ4v) is 2.11. The van der Waals surface area contributed by atoms with E-state index in [1.807, 2.05) is 26.0 Å². The number of amides is 1. The maximum atomic E-state index is 11.7. The molecule has 2 aromatic rings. The summed E-state index contributed by atoms with van der Waals surface area (Å²) < 4.78 is 4.66. The van der Waals surface area contributed by atoms with Gasteiger partial charge in [-0.1, -0.05) is 12.1 Å². The molecular weight excluding hydrogens is 232 g/mol. The number of esters is 1. The Morgan fingerprint density at radius 1 is 1.22 bits per heavy atom. The van der Waals surface area contributed by atoms with Crippen LogP contribution in [0.15, 0.2) is 12.1 Å². The number of rotatable bonds is 2. The third-order valence-electron chi connectivity index (χ3n) is 3.01. The maximum absolute atomic E-state index is 11.7. The van der Waals surface area contributed by atoms with Crippen molar-refractivity contribution in [1.82, 2.24) is 4.98 Å². The van der Waals surface area contributed by atoms with E-state index in [0.29, 0.717) is 5.39 Å². The topological polar surface area (TPSA) is 85.2 Å². The molecule has 0 bridgehead atoms. The van der Waals surface area contributed by atoms with Crippen molar-refractivity contribution in [1.29, 1.82) is 0 Å². The van der Waals surface area contributed by atoms with Gasteiger partial charge in [0.05, 0.1) is 18.2 Å². The number of nitrogens with two attached hydrogens (primary N) is 1. The summed E-state index contributed by atoms with van der Waals surface area (Å²) in [6, 6.07) is 3.80. The first kappa shape index (κ1) is 12.2. The van der Waals surface area contributed by atoms with E-state index >= 15 is 0 Å². The van der Waals surface area contributed by atoms with Gasteiger partial charge in [0.2, 0.25) is 0 Å². The number of methoxy groups -OCH3 is 1. The molecule has 1 aromatic carbocycles. The van der Waals surface area contributed by atoms with Gasteiger partial charge in [-0.3, -0.25) is 4.79 Å². The van der Waals surface area contributed by atoms with Crippen molar-refractivity contribution < 1.29 is 14.3 Å². The molecule has 18 heavy (non-hydrogen) atoms. The number of fused-ring (bicyclic) bond motifs is 1. The lowest BCUT2D eigenvalue weighted by Gasteiger charge is -2.01. The molecule has 0 aliphatic rings. The second kappa shape index (κ2) is 4.18. The summed E-state index contributed by atoms with van der Waals surface area (Å²) in [4.78, 5) is 26.2. The Labute approximate surface area is 104 Å². The summed E-state index contributed by atoms with van der Waals surface area (Å²) in [5, 5.41) is 0.683. The van der Waals surface area contributed by atoms with Crippen LogP contribution in [0.4, 0.5) is 0 Å². The predicted molar refractivity (Wildman–Crippen MR) is 67.6 cm³/mol. The highest BCUT2D eigenvalue weighted by Crippen LogP contribution is 2.28. The number of hydrogen-bond acceptors (Lipinski definition) is 3. The molecule has 3 N–H and O–H groups in total. The number of primary amides is 1. The molecule has 0 fully saturated rings. The molecule has 0 radical (unpaired) electrons. The highest BCUT2D eigenvalue weighted by molar-refractivity contribution is 6.15. The van der Waals surface area contributed by atoms with Gasteiger partial charge in [-0.05, 0) is 25.0 Å². The van der Waals surface area contributed by atoms with Gasteiger partial charge in [0.1, 0.15) is 5.69 Å². The van der Waals surface area contributed by atoms with Crippen LogP contribution < -0.4 is 5.73 Å². The first-order valence-electron chi connectivity index (χ1n) is 5.47. The zero-order valence-electron chi connectivity index (χ0n) is 10.5. The SMILES string of the molecule is COC(=O)c1[nH]c2c(C)ccc(C)c2c1C(N)=O. The molecule has 0 saturated heterocycles. The summed E-state index contributed by atoms with van der Waals surface area (Å²) in [6.07, 6.45) is 0. The van der Waals surface area contributed by atoms with Crippen LogP contribution in [-0.2, 0) is 4.74 Å². The van der Waals surface area contributed by atoms with Gasteiger partial charge in [0, 0.05) is 5.39 Å². The molecule has 0 atom stereocenters. The summed E-state index contributed by atoms with van der Waals surface area (Å²) >= 11 is 0. The normalized spacial score (nSPS) is 10.6. The number of nitrogens with one attached hydrogen (secondary N) is 1. The highest BCUT2D eigenvalue weighted by atomic mass is 16.5. The van der Waals surface area contributed by atoms with E-state index < -0.39 is 11.9 Å². The highest BCUT2D eigenvalue weighted by Gasteiger charge is 2.23. The molecule has 1 heterocycles. The lowest BCUT2D eigenvalue weighted by molar-refractivity contribution is 0.0591. The van der Waals surface area contributed by atoms with Crippen LogP contribution in [0.3, 0.4) is 0 Å². The first-order chi connectivity index (χ1) is 8.47. The Morgan fingerprint density at radius 2 is 1.83 bits per heavy atom. The van der Waals surface area contributed by atoms with E-state index in [4.69, 9.17) is 5.73 Å². The van der Waals surface area contributed by atoms with Crippen LogP contribution >= 0.6 is 0 Å². The third-order valence-corrected chi connectivity index (χ3v) is 3.01. The van der Waals surface area contributed by atoms with E-state index in [1.54, 1.807) is 0 Å². The molecule has 0 aliphatic carbocycles. The lowest BCUT2D eigenvalue weighted by atomic mass is 10.0. The average Bonchev–Trinajstić information content (AvgIpc) is 2.74. The van der Waals surface area contributed by atoms with E-state index in [0.717, 1.165) is 16.6 Å². The van der Waals surface area contributed by atoms with E-state index in [1.165, 1.54) is 7.11 Å². The fraction of sp³-hybridized carbons (Fsp3) is 0.231. The molecule has 94 valence electrons. The van der Waals surface area contributed by atoms with E-state index in [9.17, 15) is 9.59 Å². The Balaban J connectivity index is 2.93. The van der Waals surface area contributed by atoms with Crippen molar-refractivity contribution in [2.45, 2.75) is 13.8 Å². The Morgan fingerprint density at radius 3 is 2.39 bits per heavy atom. The second-order valence-corrected chi connectivity index (χ2v) is 4.18. The van der Waals surface area contributed by atoms with Crippen LogP contribution in [-0.4, -0.2) is 24.0 Å². The number of carbonyl (C=O) groups excluding carboxylic acids is 2. The van der Waals surface area contributed by atoms with Crippen molar-refractivity contribution >= 4 is 22.8 Å². The van der Waals surface area contributed by atoms with E-state index in [-0.39, 0.29) is 11.3 Å². The number of aromatic amines is 1. The van der Waals surface area contributed by atoms with Gasteiger partial charge in [-0.2, -0.15) is 0 Å². The molecule has 0 saturated carbocycles. The minimum Gasteiger partial charge on any atom is -0.464 e. The third kappa shape index (κ3) is 1.64. The largest absolute Gasteiger partial charge is 0.464 e. The van der Waals surface area contributed by atoms with Crippen LogP contribution in [0.1, 0.15) is 32.0 Å². The van der Waals surface area contributed by atoms with Crippen molar-refractivity contribution in [2.75, 3.05) is 7.11 Å². The molecule has 0 aliphatic heterocycles. The monoisotopic (exact) mass is 246 g/mol. The first-order valence-corrected chi connectivity index (χ1v) is 5.47. The number of aryl methyl sites for hydroxylation is 2. The van der Waals surface area contributed by atoms with Crippen LogP contribution in [0.5, 0.6) is 0 Å². The molecule has 1 aromatic heterocycles. The number of H-pyrrole nitrogens is 1. The molecule has 2 rings (SSSR count). The minimum absolute atomic E-state index is 0.109. The Bertz CT molecular complexity index is 656. The summed E-state index contributed by atoms with van der Waals surface area (Å²) in [6.45, 7) is 3.76. The predicted octanol–water partition coefficient (Wildman–Crippen LogP) is 1.67. The second-order valence-electron chi connectivity index (χ2n) is 4.18. The summed E-state index contributed by atoms with van der Waals surface area (Å²) in [5.41, 5.74) is 8.23.